The highest BCUT2D eigenvalue weighted by atomic mass is 32.2. The van der Waals surface area contributed by atoms with Gasteiger partial charge in [0.25, 0.3) is 0 Å². The molecule has 29 heavy (non-hydrogen) atoms. The molecule has 0 unspecified atom stereocenters. The third kappa shape index (κ3) is 4.11. The monoisotopic (exact) mass is 421 g/mol. The quantitative estimate of drug-likeness (QED) is 0.255. The third-order valence-corrected chi connectivity index (χ3v) is 6.28. The molecule has 0 spiro atoms. The van der Waals surface area contributed by atoms with Crippen LogP contribution in [0.1, 0.15) is 22.2 Å². The minimum absolute atomic E-state index is 0.294. The molecule has 4 rings (SSSR count). The summed E-state index contributed by atoms with van der Waals surface area (Å²) in [7, 11) is 0. The fourth-order valence-corrected chi connectivity index (χ4v) is 4.79. The average molecular weight is 422 g/mol. The predicted octanol–water partition coefficient (Wildman–Crippen LogP) is 5.41. The predicted molar refractivity (Wildman–Crippen MR) is 119 cm³/mol. The minimum atomic E-state index is -0.425. The highest BCUT2D eigenvalue weighted by Crippen LogP contribution is 2.40. The zero-order chi connectivity index (χ0) is 20.2. The molecule has 0 aliphatic carbocycles. The topological polar surface area (TPSA) is 78.1 Å². The van der Waals surface area contributed by atoms with Gasteiger partial charge >= 0.3 is 5.97 Å². The first kappa shape index (κ1) is 19.4. The van der Waals surface area contributed by atoms with E-state index in [9.17, 15) is 4.79 Å². The highest BCUT2D eigenvalue weighted by Gasteiger charge is 2.23. The van der Waals surface area contributed by atoms with E-state index in [4.69, 9.17) is 15.5 Å². The number of benzene rings is 2. The maximum Gasteiger partial charge on any atom is 0.350 e. The number of rotatable bonds is 6. The van der Waals surface area contributed by atoms with Crippen molar-refractivity contribution in [2.45, 2.75) is 17.8 Å². The van der Waals surface area contributed by atoms with Gasteiger partial charge in [-0.2, -0.15) is 0 Å². The van der Waals surface area contributed by atoms with Gasteiger partial charge in [-0.1, -0.05) is 72.4 Å². The van der Waals surface area contributed by atoms with E-state index in [0.29, 0.717) is 32.5 Å². The number of carbonyl (C=O) groups excluding carboxylic acids is 1. The van der Waals surface area contributed by atoms with Crippen LogP contribution in [0.15, 0.2) is 65.8 Å². The van der Waals surface area contributed by atoms with Gasteiger partial charge in [-0.3, -0.25) is 0 Å². The fraction of sp³-hybridized carbons (Fsp3) is 0.136. The molecule has 0 aliphatic heterocycles. The Bertz CT molecular complexity index is 1150. The van der Waals surface area contributed by atoms with Crippen LogP contribution in [-0.2, 0) is 10.5 Å². The Hall–Kier alpha value is -2.90. The SMILES string of the molecule is CCOC(=O)c1sc2nc(SCc3ccccc3)nc(-c3ccccc3)c2c1N. The number of aromatic nitrogens is 2. The summed E-state index contributed by atoms with van der Waals surface area (Å²) in [5.74, 6) is 0.331. The number of ether oxygens (including phenoxy) is 1. The molecule has 0 atom stereocenters. The number of nitrogens with zero attached hydrogens (tertiary/aromatic N) is 2. The van der Waals surface area contributed by atoms with E-state index in [0.717, 1.165) is 17.0 Å². The second-order valence-corrected chi connectivity index (χ2v) is 8.18. The largest absolute Gasteiger partial charge is 0.462 e. The molecule has 5 nitrogen and oxygen atoms in total. The van der Waals surface area contributed by atoms with E-state index in [-0.39, 0.29) is 0 Å². The number of nitrogens with two attached hydrogens (primary N) is 1. The second kappa shape index (κ2) is 8.63. The molecule has 7 heteroatoms. The van der Waals surface area contributed by atoms with Gasteiger partial charge in [0.05, 0.1) is 23.4 Å². The van der Waals surface area contributed by atoms with Gasteiger partial charge in [0.2, 0.25) is 0 Å². The summed E-state index contributed by atoms with van der Waals surface area (Å²) in [6, 6.07) is 20.0. The molecule has 0 amide bonds. The normalized spacial score (nSPS) is 10.9. The van der Waals surface area contributed by atoms with Crippen molar-refractivity contribution in [1.29, 1.82) is 0 Å². The van der Waals surface area contributed by atoms with Crippen LogP contribution in [0.2, 0.25) is 0 Å². The number of carbonyl (C=O) groups is 1. The van der Waals surface area contributed by atoms with Crippen LogP contribution in [0, 0.1) is 0 Å². The van der Waals surface area contributed by atoms with Crippen molar-refractivity contribution in [3.05, 3.63) is 71.1 Å². The average Bonchev–Trinajstić information content (AvgIpc) is 3.10. The molecule has 0 saturated carbocycles. The summed E-state index contributed by atoms with van der Waals surface area (Å²) >= 11 is 2.81. The maximum absolute atomic E-state index is 12.3. The van der Waals surface area contributed by atoms with Gasteiger partial charge in [-0.25, -0.2) is 14.8 Å². The smallest absolute Gasteiger partial charge is 0.350 e. The van der Waals surface area contributed by atoms with Crippen molar-refractivity contribution < 1.29 is 9.53 Å². The fourth-order valence-electron chi connectivity index (χ4n) is 2.94. The van der Waals surface area contributed by atoms with Crippen LogP contribution in [0.5, 0.6) is 0 Å². The number of thioether (sulfide) groups is 1. The molecule has 0 fully saturated rings. The molecule has 2 heterocycles. The Morgan fingerprint density at radius 3 is 2.45 bits per heavy atom. The zero-order valence-corrected chi connectivity index (χ0v) is 17.4. The van der Waals surface area contributed by atoms with E-state index in [1.54, 1.807) is 18.7 Å². The Morgan fingerprint density at radius 2 is 1.76 bits per heavy atom. The molecule has 0 aliphatic rings. The van der Waals surface area contributed by atoms with E-state index in [1.165, 1.54) is 16.9 Å². The standard InChI is InChI=1S/C22H19N3O2S2/c1-2-27-21(26)19-17(23)16-18(15-11-7-4-8-12-15)24-22(25-20(16)29-19)28-13-14-9-5-3-6-10-14/h3-12H,2,13,23H2,1H3. The second-order valence-electron chi connectivity index (χ2n) is 6.24. The van der Waals surface area contributed by atoms with Crippen molar-refractivity contribution in [3.63, 3.8) is 0 Å². The Kier molecular flexibility index (Phi) is 5.78. The lowest BCUT2D eigenvalue weighted by Gasteiger charge is -2.07. The van der Waals surface area contributed by atoms with Gasteiger partial charge in [0.1, 0.15) is 9.71 Å². The van der Waals surface area contributed by atoms with Crippen LogP contribution in [0.3, 0.4) is 0 Å². The maximum atomic E-state index is 12.3. The first-order valence-corrected chi connectivity index (χ1v) is 11.0. The number of esters is 1. The van der Waals surface area contributed by atoms with Gasteiger partial charge < -0.3 is 10.5 Å². The number of nitrogen functional groups attached to an aromatic ring is 1. The summed E-state index contributed by atoms with van der Waals surface area (Å²) in [5, 5.41) is 1.35. The van der Waals surface area contributed by atoms with Crippen molar-refractivity contribution in [2.75, 3.05) is 12.3 Å². The molecule has 0 radical (unpaired) electrons. The molecule has 4 aromatic rings. The van der Waals surface area contributed by atoms with E-state index >= 15 is 0 Å². The van der Waals surface area contributed by atoms with Crippen LogP contribution in [-0.4, -0.2) is 22.5 Å². The van der Waals surface area contributed by atoms with Crippen molar-refractivity contribution >= 4 is 45.0 Å². The molecule has 2 aromatic carbocycles. The zero-order valence-electron chi connectivity index (χ0n) is 15.8. The lowest BCUT2D eigenvalue weighted by atomic mass is 10.1. The lowest BCUT2D eigenvalue weighted by Crippen LogP contribution is -2.05. The molecule has 146 valence electrons. The summed E-state index contributed by atoms with van der Waals surface area (Å²) in [4.78, 5) is 22.9. The Labute approximate surface area is 177 Å². The number of fused-ring (bicyclic) bond motifs is 1. The number of hydrogen-bond acceptors (Lipinski definition) is 7. The van der Waals surface area contributed by atoms with Crippen LogP contribution < -0.4 is 5.73 Å². The Morgan fingerprint density at radius 1 is 1.07 bits per heavy atom. The van der Waals surface area contributed by atoms with Crippen molar-refractivity contribution in [3.8, 4) is 11.3 Å². The summed E-state index contributed by atoms with van der Waals surface area (Å²) in [5.41, 5.74) is 9.58. The molecule has 0 bridgehead atoms. The van der Waals surface area contributed by atoms with Gasteiger partial charge in [-0.05, 0) is 12.5 Å². The summed E-state index contributed by atoms with van der Waals surface area (Å²) < 4.78 is 5.16. The molecule has 2 N–H and O–H groups in total. The number of hydrogen-bond donors (Lipinski definition) is 1. The summed E-state index contributed by atoms with van der Waals surface area (Å²) in [6.45, 7) is 2.07. The van der Waals surface area contributed by atoms with Crippen LogP contribution >= 0.6 is 23.1 Å². The van der Waals surface area contributed by atoms with Gasteiger partial charge in [0.15, 0.2) is 5.16 Å². The van der Waals surface area contributed by atoms with E-state index < -0.39 is 5.97 Å². The molecular formula is C22H19N3O2S2. The lowest BCUT2D eigenvalue weighted by molar-refractivity contribution is 0.0533. The third-order valence-electron chi connectivity index (χ3n) is 4.29. The van der Waals surface area contributed by atoms with Crippen molar-refractivity contribution in [1.82, 2.24) is 9.97 Å². The van der Waals surface area contributed by atoms with E-state index in [2.05, 4.69) is 17.1 Å². The molecular weight excluding hydrogens is 402 g/mol. The number of thiophene rings is 1. The molecule has 0 saturated heterocycles. The number of anilines is 1. The summed E-state index contributed by atoms with van der Waals surface area (Å²) in [6.07, 6.45) is 0. The first-order chi connectivity index (χ1) is 14.2. The van der Waals surface area contributed by atoms with Crippen LogP contribution in [0.25, 0.3) is 21.5 Å². The first-order valence-electron chi connectivity index (χ1n) is 9.16. The van der Waals surface area contributed by atoms with Gasteiger partial charge in [0, 0.05) is 11.3 Å². The molecule has 2 aromatic heterocycles. The Balaban J connectivity index is 1.81. The van der Waals surface area contributed by atoms with Crippen LogP contribution in [0.4, 0.5) is 5.69 Å². The minimum Gasteiger partial charge on any atom is -0.462 e. The van der Waals surface area contributed by atoms with E-state index in [1.807, 2.05) is 48.5 Å². The van der Waals surface area contributed by atoms with Gasteiger partial charge in [-0.15, -0.1) is 11.3 Å². The van der Waals surface area contributed by atoms with Crippen molar-refractivity contribution in [2.24, 2.45) is 0 Å². The highest BCUT2D eigenvalue weighted by molar-refractivity contribution is 7.98.